The number of amides is 1. The highest BCUT2D eigenvalue weighted by Gasteiger charge is 2.06. The summed E-state index contributed by atoms with van der Waals surface area (Å²) in [5.41, 5.74) is 4.14. The lowest BCUT2D eigenvalue weighted by Gasteiger charge is -2.13. The molecule has 0 unspecified atom stereocenters. The maximum absolute atomic E-state index is 12.0. The molecule has 0 fully saturated rings. The van der Waals surface area contributed by atoms with Crippen LogP contribution in [0.5, 0.6) is 0 Å². The summed E-state index contributed by atoms with van der Waals surface area (Å²) in [4.78, 5) is 16.2. The third kappa shape index (κ3) is 9.15. The van der Waals surface area contributed by atoms with Crippen molar-refractivity contribution in [3.63, 3.8) is 0 Å². The number of carbonyl (C=O) groups is 1. The van der Waals surface area contributed by atoms with Crippen molar-refractivity contribution < 1.29 is 4.79 Å². The molecular formula is C22H35IN6O. The molecule has 1 aromatic heterocycles. The van der Waals surface area contributed by atoms with Gasteiger partial charge in [0.05, 0.1) is 5.69 Å². The van der Waals surface area contributed by atoms with Gasteiger partial charge in [-0.25, -0.2) is 0 Å². The number of carbonyl (C=O) groups excluding carboxylic acids is 1. The fraction of sp³-hybridized carbons (Fsp3) is 0.500. The molecule has 0 aliphatic heterocycles. The van der Waals surface area contributed by atoms with E-state index in [4.69, 9.17) is 0 Å². The second-order valence-electron chi connectivity index (χ2n) is 7.70. The first-order valence-electron chi connectivity index (χ1n) is 10.2. The van der Waals surface area contributed by atoms with Crippen LogP contribution in [0.1, 0.15) is 43.6 Å². The Morgan fingerprint density at radius 3 is 2.60 bits per heavy atom. The Bertz CT molecular complexity index is 831. The van der Waals surface area contributed by atoms with Crippen molar-refractivity contribution in [3.8, 4) is 0 Å². The van der Waals surface area contributed by atoms with Crippen LogP contribution in [0.4, 0.5) is 5.69 Å². The number of guanidine groups is 1. The van der Waals surface area contributed by atoms with Gasteiger partial charge < -0.3 is 16.0 Å². The number of aliphatic imine (C=N–C) groups is 1. The second-order valence-corrected chi connectivity index (χ2v) is 7.70. The largest absolute Gasteiger partial charge is 0.356 e. The number of anilines is 1. The molecule has 166 valence electrons. The molecule has 0 spiro atoms. The molecule has 0 bridgehead atoms. The van der Waals surface area contributed by atoms with E-state index in [1.807, 2.05) is 49.7 Å². The second kappa shape index (κ2) is 13.3. The average Bonchev–Trinajstić information content (AvgIpc) is 2.98. The predicted octanol–water partition coefficient (Wildman–Crippen LogP) is 3.86. The first-order valence-corrected chi connectivity index (χ1v) is 10.2. The number of nitrogens with one attached hydrogen (secondary N) is 3. The molecule has 0 atom stereocenters. The Labute approximate surface area is 197 Å². The van der Waals surface area contributed by atoms with Crippen LogP contribution in [0.2, 0.25) is 0 Å². The first-order chi connectivity index (χ1) is 13.9. The monoisotopic (exact) mass is 526 g/mol. The van der Waals surface area contributed by atoms with E-state index in [2.05, 4.69) is 39.0 Å². The quantitative estimate of drug-likeness (QED) is 0.201. The maximum Gasteiger partial charge on any atom is 0.224 e. The molecule has 0 aliphatic carbocycles. The molecule has 0 aliphatic rings. The van der Waals surface area contributed by atoms with E-state index in [0.29, 0.717) is 18.9 Å². The van der Waals surface area contributed by atoms with Gasteiger partial charge in [0.1, 0.15) is 0 Å². The highest BCUT2D eigenvalue weighted by atomic mass is 127. The van der Waals surface area contributed by atoms with Gasteiger partial charge in [-0.2, -0.15) is 5.10 Å². The number of hydrogen-bond acceptors (Lipinski definition) is 3. The van der Waals surface area contributed by atoms with Gasteiger partial charge in [-0.15, -0.1) is 24.0 Å². The third-order valence-electron chi connectivity index (χ3n) is 4.43. The Balaban J connectivity index is 0.00000450. The van der Waals surface area contributed by atoms with Crippen LogP contribution in [0.25, 0.3) is 0 Å². The van der Waals surface area contributed by atoms with Gasteiger partial charge in [-0.3, -0.25) is 14.5 Å². The van der Waals surface area contributed by atoms with E-state index in [0.717, 1.165) is 42.4 Å². The number of halogens is 1. The number of aryl methyl sites for hydroxylation is 3. The lowest BCUT2D eigenvalue weighted by Crippen LogP contribution is -2.37. The van der Waals surface area contributed by atoms with E-state index in [1.165, 1.54) is 5.69 Å². The fourth-order valence-electron chi connectivity index (χ4n) is 3.09. The van der Waals surface area contributed by atoms with E-state index in [-0.39, 0.29) is 29.9 Å². The standard InChI is InChI=1S/C22H34N6O.HI/c1-16(2)12-21(29)26-20-9-6-8-19(14-20)15-25-22(23-5)24-10-7-11-28-18(4)13-17(3)27-28;/h6,8-9,13-14,16H,7,10-12,15H2,1-5H3,(H,26,29)(H2,23,24,25);1H. The first kappa shape index (κ1) is 25.9. The van der Waals surface area contributed by atoms with Crippen molar-refractivity contribution in [2.24, 2.45) is 10.9 Å². The van der Waals surface area contributed by atoms with Crippen molar-refractivity contribution in [2.75, 3.05) is 18.9 Å². The van der Waals surface area contributed by atoms with Crippen LogP contribution in [-0.2, 0) is 17.9 Å². The predicted molar refractivity (Wildman–Crippen MR) is 134 cm³/mol. The summed E-state index contributed by atoms with van der Waals surface area (Å²) in [6.07, 6.45) is 1.48. The highest BCUT2D eigenvalue weighted by Crippen LogP contribution is 2.12. The van der Waals surface area contributed by atoms with Gasteiger partial charge in [0.25, 0.3) is 0 Å². The number of rotatable bonds is 9. The molecule has 1 amide bonds. The molecule has 1 heterocycles. The third-order valence-corrected chi connectivity index (χ3v) is 4.43. The van der Waals surface area contributed by atoms with Gasteiger partial charge in [-0.05, 0) is 49.9 Å². The van der Waals surface area contributed by atoms with Gasteiger partial charge in [0, 0.05) is 44.5 Å². The molecule has 0 saturated heterocycles. The van der Waals surface area contributed by atoms with Crippen LogP contribution in [0, 0.1) is 19.8 Å². The van der Waals surface area contributed by atoms with E-state index < -0.39 is 0 Å². The Hall–Kier alpha value is -2.10. The van der Waals surface area contributed by atoms with Crippen LogP contribution in [0.15, 0.2) is 35.3 Å². The Kier molecular flexibility index (Phi) is 11.5. The molecule has 2 aromatic rings. The minimum absolute atomic E-state index is 0. The van der Waals surface area contributed by atoms with Gasteiger partial charge in [0.15, 0.2) is 5.96 Å². The summed E-state index contributed by atoms with van der Waals surface area (Å²) in [5, 5.41) is 14.1. The van der Waals surface area contributed by atoms with Crippen LogP contribution < -0.4 is 16.0 Å². The zero-order valence-electron chi connectivity index (χ0n) is 18.7. The van der Waals surface area contributed by atoms with Gasteiger partial charge in [0.2, 0.25) is 5.91 Å². The molecule has 0 radical (unpaired) electrons. The molecule has 7 nitrogen and oxygen atoms in total. The average molecular weight is 526 g/mol. The Morgan fingerprint density at radius 1 is 1.20 bits per heavy atom. The van der Waals surface area contributed by atoms with Crippen molar-refractivity contribution >= 4 is 41.5 Å². The van der Waals surface area contributed by atoms with E-state index in [9.17, 15) is 4.79 Å². The zero-order valence-corrected chi connectivity index (χ0v) is 21.0. The summed E-state index contributed by atoms with van der Waals surface area (Å²) in [6, 6.07) is 9.97. The minimum atomic E-state index is 0. The van der Waals surface area contributed by atoms with Crippen LogP contribution in [-0.4, -0.2) is 35.2 Å². The fourth-order valence-corrected chi connectivity index (χ4v) is 3.09. The molecule has 30 heavy (non-hydrogen) atoms. The molecule has 0 saturated carbocycles. The van der Waals surface area contributed by atoms with Gasteiger partial charge in [-0.1, -0.05) is 26.0 Å². The molecule has 8 heteroatoms. The number of nitrogens with zero attached hydrogens (tertiary/aromatic N) is 3. The van der Waals surface area contributed by atoms with Crippen LogP contribution >= 0.6 is 24.0 Å². The van der Waals surface area contributed by atoms with E-state index >= 15 is 0 Å². The van der Waals surface area contributed by atoms with Crippen molar-refractivity contribution in [2.45, 2.75) is 53.6 Å². The molecule has 2 rings (SSSR count). The number of benzene rings is 1. The van der Waals surface area contributed by atoms with E-state index in [1.54, 1.807) is 7.05 Å². The van der Waals surface area contributed by atoms with Crippen LogP contribution in [0.3, 0.4) is 0 Å². The molecule has 1 aromatic carbocycles. The maximum atomic E-state index is 12.0. The lowest BCUT2D eigenvalue weighted by atomic mass is 10.1. The van der Waals surface area contributed by atoms with Crippen molar-refractivity contribution in [3.05, 3.63) is 47.3 Å². The summed E-state index contributed by atoms with van der Waals surface area (Å²) in [7, 11) is 1.76. The van der Waals surface area contributed by atoms with Gasteiger partial charge >= 0.3 is 0 Å². The van der Waals surface area contributed by atoms with Crippen molar-refractivity contribution in [1.29, 1.82) is 0 Å². The summed E-state index contributed by atoms with van der Waals surface area (Å²) < 4.78 is 2.03. The summed E-state index contributed by atoms with van der Waals surface area (Å²) in [5.74, 6) is 1.15. The topological polar surface area (TPSA) is 83.3 Å². The molecule has 3 N–H and O–H groups in total. The minimum Gasteiger partial charge on any atom is -0.356 e. The number of hydrogen-bond donors (Lipinski definition) is 3. The zero-order chi connectivity index (χ0) is 21.2. The van der Waals surface area contributed by atoms with Crippen molar-refractivity contribution in [1.82, 2.24) is 20.4 Å². The highest BCUT2D eigenvalue weighted by molar-refractivity contribution is 14.0. The number of aromatic nitrogens is 2. The Morgan fingerprint density at radius 2 is 1.97 bits per heavy atom. The summed E-state index contributed by atoms with van der Waals surface area (Å²) in [6.45, 7) is 10.5. The SMILES string of the molecule is CN=C(NCCCn1nc(C)cc1C)NCc1cccc(NC(=O)CC(C)C)c1.I. The smallest absolute Gasteiger partial charge is 0.224 e. The lowest BCUT2D eigenvalue weighted by molar-refractivity contribution is -0.116. The summed E-state index contributed by atoms with van der Waals surface area (Å²) >= 11 is 0. The normalized spacial score (nSPS) is 11.2. The molecular weight excluding hydrogens is 491 g/mol.